The Morgan fingerprint density at radius 2 is 2.00 bits per heavy atom. The molecule has 0 bridgehead atoms. The summed E-state index contributed by atoms with van der Waals surface area (Å²) in [6, 6.07) is 1.76. The van der Waals surface area contributed by atoms with Gasteiger partial charge in [-0.05, 0) is 33.3 Å². The quantitative estimate of drug-likeness (QED) is 0.920. The molecule has 0 fully saturated rings. The van der Waals surface area contributed by atoms with Gasteiger partial charge in [-0.25, -0.2) is 4.98 Å². The smallest absolute Gasteiger partial charge is 0.269 e. The predicted octanol–water partition coefficient (Wildman–Crippen LogP) is 3.24. The molecule has 0 unspecified atom stereocenters. The van der Waals surface area contributed by atoms with Gasteiger partial charge in [-0.2, -0.15) is 5.10 Å². The lowest BCUT2D eigenvalue weighted by Crippen LogP contribution is -2.41. The van der Waals surface area contributed by atoms with Crippen molar-refractivity contribution in [1.29, 1.82) is 0 Å². The minimum atomic E-state index is -0.258. The highest BCUT2D eigenvalue weighted by Crippen LogP contribution is 2.29. The third-order valence-corrected chi connectivity index (χ3v) is 4.54. The maximum Gasteiger partial charge on any atom is 0.269 e. The number of thiazole rings is 1. The van der Waals surface area contributed by atoms with Crippen molar-refractivity contribution in [1.82, 2.24) is 20.1 Å². The first kappa shape index (κ1) is 16.7. The zero-order chi connectivity index (χ0) is 16.4. The summed E-state index contributed by atoms with van der Waals surface area (Å²) in [5.74, 6) is -0.0861. The topological polar surface area (TPSA) is 59.8 Å². The van der Waals surface area contributed by atoms with Crippen molar-refractivity contribution in [2.75, 3.05) is 0 Å². The number of rotatable bonds is 5. The van der Waals surface area contributed by atoms with Crippen molar-refractivity contribution in [3.8, 4) is 0 Å². The molecule has 0 spiro atoms. The van der Waals surface area contributed by atoms with Crippen LogP contribution in [0.4, 0.5) is 0 Å². The third kappa shape index (κ3) is 4.16. The molecule has 0 saturated heterocycles. The molecule has 0 saturated carbocycles. The number of carbonyl (C=O) groups excluding carboxylic acids is 1. The van der Waals surface area contributed by atoms with E-state index in [1.807, 2.05) is 32.3 Å². The van der Waals surface area contributed by atoms with Crippen molar-refractivity contribution in [3.63, 3.8) is 0 Å². The zero-order valence-corrected chi connectivity index (χ0v) is 14.7. The van der Waals surface area contributed by atoms with Crippen molar-refractivity contribution >= 4 is 17.2 Å². The molecule has 1 N–H and O–H groups in total. The summed E-state index contributed by atoms with van der Waals surface area (Å²) < 4.78 is 1.77. The average Bonchev–Trinajstić information content (AvgIpc) is 3.06. The van der Waals surface area contributed by atoms with E-state index in [4.69, 9.17) is 0 Å². The maximum atomic E-state index is 12.3. The highest BCUT2D eigenvalue weighted by molar-refractivity contribution is 7.09. The van der Waals surface area contributed by atoms with E-state index in [0.717, 1.165) is 11.4 Å². The van der Waals surface area contributed by atoms with E-state index >= 15 is 0 Å². The molecule has 120 valence electrons. The average molecular weight is 320 g/mol. The van der Waals surface area contributed by atoms with Crippen LogP contribution >= 0.6 is 11.3 Å². The number of hydrogen-bond donors (Lipinski definition) is 1. The van der Waals surface area contributed by atoms with E-state index in [1.165, 1.54) is 0 Å². The second-order valence-electron chi connectivity index (χ2n) is 7.11. The first-order valence-electron chi connectivity index (χ1n) is 7.43. The molecule has 2 aromatic heterocycles. The van der Waals surface area contributed by atoms with Crippen LogP contribution in [-0.4, -0.2) is 26.2 Å². The lowest BCUT2D eigenvalue weighted by molar-refractivity contribution is 0.0907. The van der Waals surface area contributed by atoms with Crippen LogP contribution in [0.15, 0.2) is 23.8 Å². The first-order valence-corrected chi connectivity index (χ1v) is 8.31. The van der Waals surface area contributed by atoms with Gasteiger partial charge in [-0.1, -0.05) is 13.8 Å². The van der Waals surface area contributed by atoms with Gasteiger partial charge in [0.15, 0.2) is 0 Å². The molecule has 2 aromatic rings. The Bertz CT molecular complexity index is 623. The zero-order valence-electron chi connectivity index (χ0n) is 13.9. The summed E-state index contributed by atoms with van der Waals surface area (Å²) in [6.45, 7) is 10.9. The van der Waals surface area contributed by atoms with E-state index in [1.54, 1.807) is 28.3 Å². The van der Waals surface area contributed by atoms with E-state index in [9.17, 15) is 4.79 Å². The van der Waals surface area contributed by atoms with Crippen LogP contribution in [-0.2, 0) is 12.0 Å². The van der Waals surface area contributed by atoms with Crippen molar-refractivity contribution in [2.24, 2.45) is 0 Å². The van der Waals surface area contributed by atoms with Gasteiger partial charge in [0.1, 0.15) is 5.69 Å². The van der Waals surface area contributed by atoms with Gasteiger partial charge in [0.05, 0.1) is 5.01 Å². The van der Waals surface area contributed by atoms with Crippen LogP contribution in [0.1, 0.15) is 56.5 Å². The van der Waals surface area contributed by atoms with Crippen LogP contribution < -0.4 is 5.32 Å². The predicted molar refractivity (Wildman–Crippen MR) is 89.2 cm³/mol. The minimum absolute atomic E-state index is 0.0299. The van der Waals surface area contributed by atoms with E-state index in [2.05, 4.69) is 29.2 Å². The summed E-state index contributed by atoms with van der Waals surface area (Å²) in [6.07, 6.45) is 4.38. The standard InChI is InChI=1S/C16H24N4OS/c1-15(2,3)19-13(21)12-6-8-18-20(12)10-7-16(4,5)14-17-9-11-22-14/h6,8-9,11H,7,10H2,1-5H3,(H,19,21). The number of nitrogens with one attached hydrogen (secondary N) is 1. The third-order valence-electron chi connectivity index (χ3n) is 3.40. The lowest BCUT2D eigenvalue weighted by atomic mass is 9.90. The highest BCUT2D eigenvalue weighted by atomic mass is 32.1. The van der Waals surface area contributed by atoms with Gasteiger partial charge in [0, 0.05) is 35.3 Å². The maximum absolute atomic E-state index is 12.3. The van der Waals surface area contributed by atoms with Crippen LogP contribution in [0.25, 0.3) is 0 Å². The highest BCUT2D eigenvalue weighted by Gasteiger charge is 2.25. The van der Waals surface area contributed by atoms with Gasteiger partial charge in [0.2, 0.25) is 0 Å². The minimum Gasteiger partial charge on any atom is -0.346 e. The Morgan fingerprint density at radius 3 is 2.59 bits per heavy atom. The molecule has 0 aromatic carbocycles. The van der Waals surface area contributed by atoms with Crippen molar-refractivity contribution in [3.05, 3.63) is 34.5 Å². The Kier molecular flexibility index (Phi) is 4.70. The van der Waals surface area contributed by atoms with Gasteiger partial charge in [0.25, 0.3) is 5.91 Å². The number of aryl methyl sites for hydroxylation is 1. The van der Waals surface area contributed by atoms with Gasteiger partial charge < -0.3 is 5.32 Å². The van der Waals surface area contributed by atoms with Crippen LogP contribution in [0, 0.1) is 0 Å². The van der Waals surface area contributed by atoms with Crippen LogP contribution in [0.2, 0.25) is 0 Å². The summed E-state index contributed by atoms with van der Waals surface area (Å²) in [5, 5.41) is 10.4. The largest absolute Gasteiger partial charge is 0.346 e. The SMILES string of the molecule is CC(C)(C)NC(=O)c1ccnn1CCC(C)(C)c1nccs1. The normalized spacial score (nSPS) is 12.4. The van der Waals surface area contributed by atoms with Gasteiger partial charge >= 0.3 is 0 Å². The number of carbonyl (C=O) groups is 1. The lowest BCUT2D eigenvalue weighted by Gasteiger charge is -2.23. The second-order valence-corrected chi connectivity index (χ2v) is 8.01. The Balaban J connectivity index is 2.06. The molecular weight excluding hydrogens is 296 g/mol. The van der Waals surface area contributed by atoms with Crippen LogP contribution in [0.3, 0.4) is 0 Å². The molecule has 0 aliphatic heterocycles. The Morgan fingerprint density at radius 1 is 1.27 bits per heavy atom. The molecule has 0 aliphatic rings. The first-order chi connectivity index (χ1) is 10.2. The second kappa shape index (κ2) is 6.20. The number of aromatic nitrogens is 3. The molecule has 2 rings (SSSR count). The fraction of sp³-hybridized carbons (Fsp3) is 0.562. The molecule has 22 heavy (non-hydrogen) atoms. The molecular formula is C16H24N4OS. The Hall–Kier alpha value is -1.69. The van der Waals surface area contributed by atoms with E-state index < -0.39 is 0 Å². The number of amides is 1. The molecule has 2 heterocycles. The molecule has 0 radical (unpaired) electrons. The summed E-state index contributed by atoms with van der Waals surface area (Å²) in [7, 11) is 0. The summed E-state index contributed by atoms with van der Waals surface area (Å²) in [5.41, 5.74) is 0.314. The van der Waals surface area contributed by atoms with E-state index in [0.29, 0.717) is 12.2 Å². The molecule has 0 aliphatic carbocycles. The van der Waals surface area contributed by atoms with E-state index in [-0.39, 0.29) is 16.9 Å². The van der Waals surface area contributed by atoms with Crippen molar-refractivity contribution < 1.29 is 4.79 Å². The molecule has 1 amide bonds. The fourth-order valence-electron chi connectivity index (χ4n) is 2.16. The Labute approximate surface area is 135 Å². The molecule has 0 atom stereocenters. The molecule has 5 nitrogen and oxygen atoms in total. The number of hydrogen-bond acceptors (Lipinski definition) is 4. The summed E-state index contributed by atoms with van der Waals surface area (Å²) in [4.78, 5) is 16.7. The molecule has 6 heteroatoms. The summed E-state index contributed by atoms with van der Waals surface area (Å²) >= 11 is 1.67. The monoisotopic (exact) mass is 320 g/mol. The van der Waals surface area contributed by atoms with Crippen molar-refractivity contribution in [2.45, 2.75) is 58.5 Å². The number of nitrogens with zero attached hydrogens (tertiary/aromatic N) is 3. The van der Waals surface area contributed by atoms with Gasteiger partial charge in [-0.3, -0.25) is 9.48 Å². The van der Waals surface area contributed by atoms with Crippen LogP contribution in [0.5, 0.6) is 0 Å². The fourth-order valence-corrected chi connectivity index (χ4v) is 2.95. The van der Waals surface area contributed by atoms with Gasteiger partial charge in [-0.15, -0.1) is 11.3 Å².